The van der Waals surface area contributed by atoms with Crippen LogP contribution in [0.1, 0.15) is 12.0 Å². The van der Waals surface area contributed by atoms with Crippen molar-refractivity contribution in [3.05, 3.63) is 42.5 Å². The summed E-state index contributed by atoms with van der Waals surface area (Å²) in [6, 6.07) is 7.67. The molecule has 0 bridgehead atoms. The van der Waals surface area contributed by atoms with Gasteiger partial charge in [-0.2, -0.15) is 0 Å². The molecule has 0 aliphatic heterocycles. The van der Waals surface area contributed by atoms with Crippen molar-refractivity contribution < 1.29 is 14.6 Å². The van der Waals surface area contributed by atoms with Crippen LogP contribution in [-0.4, -0.2) is 24.2 Å². The molecule has 0 spiro atoms. The van der Waals surface area contributed by atoms with Crippen LogP contribution in [0.2, 0.25) is 0 Å². The molecular weight excluding hydrogens is 218 g/mol. The first-order valence-corrected chi connectivity index (χ1v) is 5.47. The highest BCUT2D eigenvalue weighted by Gasteiger charge is 1.97. The van der Waals surface area contributed by atoms with Gasteiger partial charge in [0.25, 0.3) is 0 Å². The first kappa shape index (κ1) is 13.3. The van der Waals surface area contributed by atoms with Crippen molar-refractivity contribution in [1.82, 2.24) is 5.32 Å². The summed E-state index contributed by atoms with van der Waals surface area (Å²) in [4.78, 5) is 10.3. The van der Waals surface area contributed by atoms with E-state index in [1.54, 1.807) is 6.08 Å². The van der Waals surface area contributed by atoms with E-state index in [0.29, 0.717) is 19.7 Å². The van der Waals surface area contributed by atoms with Gasteiger partial charge < -0.3 is 15.2 Å². The molecule has 0 saturated carbocycles. The Bertz CT molecular complexity index is 359. The van der Waals surface area contributed by atoms with Crippen molar-refractivity contribution in [2.45, 2.75) is 13.0 Å². The lowest BCUT2D eigenvalue weighted by molar-refractivity contribution is -0.136. The van der Waals surface area contributed by atoms with Gasteiger partial charge in [-0.15, -0.1) is 0 Å². The molecule has 0 unspecified atom stereocenters. The third-order valence-corrected chi connectivity index (χ3v) is 2.14. The minimum atomic E-state index is -0.786. The third kappa shape index (κ3) is 5.73. The van der Waals surface area contributed by atoms with Crippen LogP contribution >= 0.6 is 0 Å². The van der Waals surface area contributed by atoms with Gasteiger partial charge in [-0.25, -0.2) is 0 Å². The van der Waals surface area contributed by atoms with E-state index in [9.17, 15) is 4.79 Å². The molecule has 4 heteroatoms. The zero-order valence-corrected chi connectivity index (χ0v) is 9.69. The Morgan fingerprint density at radius 1 is 1.41 bits per heavy atom. The van der Waals surface area contributed by atoms with Crippen LogP contribution in [0.5, 0.6) is 5.75 Å². The van der Waals surface area contributed by atoms with Gasteiger partial charge in [0.2, 0.25) is 0 Å². The monoisotopic (exact) mass is 235 g/mol. The maximum atomic E-state index is 10.3. The lowest BCUT2D eigenvalue weighted by Gasteiger charge is -2.06. The van der Waals surface area contributed by atoms with Crippen molar-refractivity contribution >= 4 is 5.97 Å². The van der Waals surface area contributed by atoms with Crippen molar-refractivity contribution in [1.29, 1.82) is 0 Å². The molecule has 0 fully saturated rings. The smallest absolute Gasteiger partial charge is 0.304 e. The SMILES string of the molecule is C=CCOc1ccc(CNCCC(=O)O)cc1. The average molecular weight is 235 g/mol. The predicted octanol–water partition coefficient (Wildman–Crippen LogP) is 1.82. The summed E-state index contributed by atoms with van der Waals surface area (Å²) in [5, 5.41) is 11.5. The van der Waals surface area contributed by atoms with Gasteiger partial charge in [0.05, 0.1) is 6.42 Å². The number of nitrogens with one attached hydrogen (secondary N) is 1. The van der Waals surface area contributed by atoms with Crippen LogP contribution in [0.3, 0.4) is 0 Å². The van der Waals surface area contributed by atoms with Gasteiger partial charge in [-0.3, -0.25) is 4.79 Å². The number of hydrogen-bond donors (Lipinski definition) is 2. The van der Waals surface area contributed by atoms with E-state index >= 15 is 0 Å². The summed E-state index contributed by atoms with van der Waals surface area (Å²) in [6.45, 7) is 5.21. The van der Waals surface area contributed by atoms with E-state index in [1.165, 1.54) is 0 Å². The number of hydrogen-bond acceptors (Lipinski definition) is 3. The molecule has 0 radical (unpaired) electrons. The van der Waals surface area contributed by atoms with Crippen LogP contribution in [0.25, 0.3) is 0 Å². The molecule has 0 aromatic heterocycles. The second-order valence-electron chi connectivity index (χ2n) is 3.56. The molecule has 1 aromatic carbocycles. The van der Waals surface area contributed by atoms with Crippen LogP contribution in [0.4, 0.5) is 0 Å². The van der Waals surface area contributed by atoms with Crippen molar-refractivity contribution in [3.63, 3.8) is 0 Å². The highest BCUT2D eigenvalue weighted by atomic mass is 16.5. The fraction of sp³-hybridized carbons (Fsp3) is 0.308. The zero-order chi connectivity index (χ0) is 12.5. The van der Waals surface area contributed by atoms with Gasteiger partial charge in [-0.05, 0) is 17.7 Å². The summed E-state index contributed by atoms with van der Waals surface area (Å²) in [6.07, 6.45) is 1.84. The normalized spacial score (nSPS) is 9.88. The lowest BCUT2D eigenvalue weighted by atomic mass is 10.2. The van der Waals surface area contributed by atoms with Gasteiger partial charge in [0, 0.05) is 13.1 Å². The Morgan fingerprint density at radius 3 is 2.71 bits per heavy atom. The fourth-order valence-electron chi connectivity index (χ4n) is 1.29. The number of rotatable bonds is 8. The first-order chi connectivity index (χ1) is 8.22. The lowest BCUT2D eigenvalue weighted by Crippen LogP contribution is -2.17. The van der Waals surface area contributed by atoms with Crippen molar-refractivity contribution in [2.24, 2.45) is 0 Å². The average Bonchev–Trinajstić information content (AvgIpc) is 2.33. The van der Waals surface area contributed by atoms with E-state index in [0.717, 1.165) is 11.3 Å². The van der Waals surface area contributed by atoms with Crippen molar-refractivity contribution in [2.75, 3.05) is 13.2 Å². The van der Waals surface area contributed by atoms with E-state index in [-0.39, 0.29) is 6.42 Å². The second kappa shape index (κ2) is 7.46. The quantitative estimate of drug-likeness (QED) is 0.533. The van der Waals surface area contributed by atoms with E-state index in [2.05, 4.69) is 11.9 Å². The maximum absolute atomic E-state index is 10.3. The van der Waals surface area contributed by atoms with Crippen molar-refractivity contribution in [3.8, 4) is 5.75 Å². The summed E-state index contributed by atoms with van der Waals surface area (Å²) >= 11 is 0. The highest BCUT2D eigenvalue weighted by molar-refractivity contribution is 5.66. The number of benzene rings is 1. The van der Waals surface area contributed by atoms with Crippen LogP contribution in [0.15, 0.2) is 36.9 Å². The molecule has 0 aliphatic carbocycles. The Labute approximate surface area is 101 Å². The molecule has 1 aromatic rings. The molecule has 92 valence electrons. The van der Waals surface area contributed by atoms with Gasteiger partial charge in [0.15, 0.2) is 0 Å². The minimum absolute atomic E-state index is 0.139. The van der Waals surface area contributed by atoms with E-state index < -0.39 is 5.97 Å². The standard InChI is InChI=1S/C13H17NO3/c1-2-9-17-12-5-3-11(4-6-12)10-14-8-7-13(15)16/h2-6,14H,1,7-10H2,(H,15,16). The zero-order valence-electron chi connectivity index (χ0n) is 9.69. The van der Waals surface area contributed by atoms with E-state index in [1.807, 2.05) is 24.3 Å². The molecule has 1 rings (SSSR count). The second-order valence-corrected chi connectivity index (χ2v) is 3.56. The Morgan fingerprint density at radius 2 is 2.12 bits per heavy atom. The topological polar surface area (TPSA) is 58.6 Å². The summed E-state index contributed by atoms with van der Waals surface area (Å²) in [5.74, 6) is 0.0184. The number of carboxylic acid groups (broad SMARTS) is 1. The number of carboxylic acids is 1. The predicted molar refractivity (Wildman–Crippen MR) is 66.1 cm³/mol. The highest BCUT2D eigenvalue weighted by Crippen LogP contribution is 2.11. The van der Waals surface area contributed by atoms with Gasteiger partial charge >= 0.3 is 5.97 Å². The number of aliphatic carboxylic acids is 1. The Kier molecular flexibility index (Phi) is 5.82. The number of carbonyl (C=O) groups is 1. The third-order valence-electron chi connectivity index (χ3n) is 2.14. The first-order valence-electron chi connectivity index (χ1n) is 5.47. The summed E-state index contributed by atoms with van der Waals surface area (Å²) in [7, 11) is 0. The molecule has 17 heavy (non-hydrogen) atoms. The molecule has 0 aliphatic rings. The Hall–Kier alpha value is -1.81. The number of ether oxygens (including phenoxy) is 1. The minimum Gasteiger partial charge on any atom is -0.490 e. The summed E-state index contributed by atoms with van der Waals surface area (Å²) < 4.78 is 5.35. The van der Waals surface area contributed by atoms with Crippen LogP contribution in [-0.2, 0) is 11.3 Å². The van der Waals surface area contributed by atoms with E-state index in [4.69, 9.17) is 9.84 Å². The maximum Gasteiger partial charge on any atom is 0.304 e. The molecule has 4 nitrogen and oxygen atoms in total. The Balaban J connectivity index is 2.29. The molecule has 0 amide bonds. The van der Waals surface area contributed by atoms with Gasteiger partial charge in [-0.1, -0.05) is 24.8 Å². The van der Waals surface area contributed by atoms with Gasteiger partial charge in [0.1, 0.15) is 12.4 Å². The van der Waals surface area contributed by atoms with Crippen LogP contribution < -0.4 is 10.1 Å². The largest absolute Gasteiger partial charge is 0.490 e. The molecule has 0 heterocycles. The molecule has 2 N–H and O–H groups in total. The van der Waals surface area contributed by atoms with Crippen LogP contribution in [0, 0.1) is 0 Å². The molecular formula is C13H17NO3. The molecule has 0 saturated heterocycles. The molecule has 0 atom stereocenters. The summed E-state index contributed by atoms with van der Waals surface area (Å²) in [5.41, 5.74) is 1.10. The fourth-order valence-corrected chi connectivity index (χ4v) is 1.29.